The normalized spacial score (nSPS) is 21.6. The number of hydrogen-bond donors (Lipinski definition) is 0. The Hall–Kier alpha value is -3.10. The number of imide groups is 1. The van der Waals surface area contributed by atoms with Crippen molar-refractivity contribution in [3.8, 4) is 11.5 Å². The van der Waals surface area contributed by atoms with Gasteiger partial charge >= 0.3 is 6.03 Å². The number of fused-ring (bicyclic) bond motifs is 1. The molecule has 32 heavy (non-hydrogen) atoms. The SMILES string of the molecule is Cc1ccc(N2C(=O)N(CN3CCN(Cc4ccc5c(c4)OCO5)CC3)C(=O)C2C)cc1. The number of urea groups is 1. The summed E-state index contributed by atoms with van der Waals surface area (Å²) >= 11 is 0. The van der Waals surface area contributed by atoms with Crippen LogP contribution in [0.4, 0.5) is 10.5 Å². The van der Waals surface area contributed by atoms with Gasteiger partial charge in [0.05, 0.1) is 6.67 Å². The number of ether oxygens (including phenoxy) is 2. The topological polar surface area (TPSA) is 65.6 Å². The van der Waals surface area contributed by atoms with Crippen molar-refractivity contribution in [2.45, 2.75) is 26.4 Å². The van der Waals surface area contributed by atoms with Crippen molar-refractivity contribution >= 4 is 17.6 Å². The number of hydrogen-bond acceptors (Lipinski definition) is 6. The minimum atomic E-state index is -0.488. The minimum Gasteiger partial charge on any atom is -0.454 e. The van der Waals surface area contributed by atoms with E-state index in [1.165, 1.54) is 10.5 Å². The summed E-state index contributed by atoms with van der Waals surface area (Å²) in [5.41, 5.74) is 3.07. The lowest BCUT2D eigenvalue weighted by Gasteiger charge is -2.36. The van der Waals surface area contributed by atoms with E-state index < -0.39 is 6.04 Å². The van der Waals surface area contributed by atoms with Gasteiger partial charge < -0.3 is 9.47 Å². The summed E-state index contributed by atoms with van der Waals surface area (Å²) in [5.74, 6) is 1.46. The third kappa shape index (κ3) is 3.91. The van der Waals surface area contributed by atoms with Crippen LogP contribution in [0.1, 0.15) is 18.1 Å². The highest BCUT2D eigenvalue weighted by atomic mass is 16.7. The fourth-order valence-electron chi connectivity index (χ4n) is 4.48. The maximum atomic E-state index is 13.1. The van der Waals surface area contributed by atoms with E-state index in [0.29, 0.717) is 6.67 Å². The van der Waals surface area contributed by atoms with Gasteiger partial charge in [-0.3, -0.25) is 19.5 Å². The van der Waals surface area contributed by atoms with E-state index >= 15 is 0 Å². The van der Waals surface area contributed by atoms with Crippen molar-refractivity contribution in [2.24, 2.45) is 0 Å². The van der Waals surface area contributed by atoms with Crippen LogP contribution in [-0.4, -0.2) is 72.3 Å². The number of nitrogens with zero attached hydrogens (tertiary/aromatic N) is 4. The second-order valence-corrected chi connectivity index (χ2v) is 8.65. The maximum Gasteiger partial charge on any atom is 0.333 e. The monoisotopic (exact) mass is 436 g/mol. The minimum absolute atomic E-state index is 0.140. The van der Waals surface area contributed by atoms with Crippen molar-refractivity contribution in [1.82, 2.24) is 14.7 Å². The number of benzene rings is 2. The van der Waals surface area contributed by atoms with Gasteiger partial charge in [-0.25, -0.2) is 9.69 Å². The van der Waals surface area contributed by atoms with Crippen LogP contribution < -0.4 is 14.4 Å². The molecule has 2 aromatic rings. The molecule has 5 rings (SSSR count). The second kappa shape index (κ2) is 8.44. The summed E-state index contributed by atoms with van der Waals surface area (Å²) in [6.07, 6.45) is 0. The summed E-state index contributed by atoms with van der Waals surface area (Å²) in [6, 6.07) is 13.1. The molecule has 3 aliphatic heterocycles. The average Bonchev–Trinajstić information content (AvgIpc) is 3.34. The summed E-state index contributed by atoms with van der Waals surface area (Å²) in [4.78, 5) is 33.4. The lowest BCUT2D eigenvalue weighted by atomic mass is 10.1. The fourth-order valence-corrected chi connectivity index (χ4v) is 4.48. The first-order chi connectivity index (χ1) is 15.5. The Labute approximate surface area is 187 Å². The predicted molar refractivity (Wildman–Crippen MR) is 120 cm³/mol. The third-order valence-corrected chi connectivity index (χ3v) is 6.41. The molecule has 0 N–H and O–H groups in total. The molecule has 3 heterocycles. The van der Waals surface area contributed by atoms with Crippen molar-refractivity contribution in [1.29, 1.82) is 0 Å². The molecule has 2 fully saturated rings. The molecule has 3 amide bonds. The Morgan fingerprint density at radius 2 is 1.59 bits per heavy atom. The Morgan fingerprint density at radius 3 is 2.34 bits per heavy atom. The Morgan fingerprint density at radius 1 is 0.906 bits per heavy atom. The molecular formula is C24H28N4O4. The van der Waals surface area contributed by atoms with Crippen LogP contribution in [0.15, 0.2) is 42.5 Å². The number of carbonyl (C=O) groups is 2. The van der Waals surface area contributed by atoms with Crippen LogP contribution in [0.5, 0.6) is 11.5 Å². The molecule has 0 radical (unpaired) electrons. The largest absolute Gasteiger partial charge is 0.454 e. The molecule has 2 aromatic carbocycles. The van der Waals surface area contributed by atoms with Gasteiger partial charge in [-0.1, -0.05) is 23.8 Å². The quantitative estimate of drug-likeness (QED) is 0.672. The molecule has 0 spiro atoms. The van der Waals surface area contributed by atoms with E-state index in [4.69, 9.17) is 9.47 Å². The van der Waals surface area contributed by atoms with Crippen LogP contribution in [-0.2, 0) is 11.3 Å². The van der Waals surface area contributed by atoms with Gasteiger partial charge in [0, 0.05) is 38.4 Å². The number of carbonyl (C=O) groups excluding carboxylic acids is 2. The van der Waals surface area contributed by atoms with E-state index in [1.54, 1.807) is 11.8 Å². The molecule has 1 atom stereocenters. The third-order valence-electron chi connectivity index (χ3n) is 6.41. The summed E-state index contributed by atoms with van der Waals surface area (Å²) in [6.45, 7) is 8.62. The fraction of sp³-hybridized carbons (Fsp3) is 0.417. The molecular weight excluding hydrogens is 408 g/mol. The number of amides is 3. The Bertz CT molecular complexity index is 1020. The molecule has 0 saturated carbocycles. The highest BCUT2D eigenvalue weighted by Crippen LogP contribution is 2.33. The zero-order chi connectivity index (χ0) is 22.2. The zero-order valence-corrected chi connectivity index (χ0v) is 18.5. The van der Waals surface area contributed by atoms with E-state index in [1.807, 2.05) is 43.3 Å². The molecule has 1 unspecified atom stereocenters. The number of piperazine rings is 1. The van der Waals surface area contributed by atoms with E-state index in [2.05, 4.69) is 15.9 Å². The van der Waals surface area contributed by atoms with Gasteiger partial charge in [-0.05, 0) is 43.7 Å². The van der Waals surface area contributed by atoms with Gasteiger partial charge in [0.25, 0.3) is 5.91 Å². The molecule has 2 saturated heterocycles. The summed E-state index contributed by atoms with van der Waals surface area (Å²) in [7, 11) is 0. The summed E-state index contributed by atoms with van der Waals surface area (Å²) in [5, 5.41) is 0. The highest BCUT2D eigenvalue weighted by molar-refractivity contribution is 6.14. The first-order valence-corrected chi connectivity index (χ1v) is 11.0. The lowest BCUT2D eigenvalue weighted by Crippen LogP contribution is -2.51. The van der Waals surface area contributed by atoms with Crippen molar-refractivity contribution in [3.63, 3.8) is 0 Å². The van der Waals surface area contributed by atoms with Gasteiger partial charge in [-0.2, -0.15) is 0 Å². The standard InChI is InChI=1S/C24H28N4O4/c1-17-3-6-20(7-4-17)28-18(2)23(29)27(24(28)30)15-26-11-9-25(10-12-26)14-19-5-8-21-22(13-19)32-16-31-21/h3-8,13,18H,9-12,14-16H2,1-2H3. The molecule has 3 aliphatic rings. The van der Waals surface area contributed by atoms with Gasteiger partial charge in [0.2, 0.25) is 6.79 Å². The molecule has 8 nitrogen and oxygen atoms in total. The molecule has 0 aromatic heterocycles. The van der Waals surface area contributed by atoms with E-state index in [0.717, 1.165) is 55.5 Å². The highest BCUT2D eigenvalue weighted by Gasteiger charge is 2.44. The van der Waals surface area contributed by atoms with Crippen LogP contribution in [0.3, 0.4) is 0 Å². The zero-order valence-electron chi connectivity index (χ0n) is 18.5. The van der Waals surface area contributed by atoms with Crippen molar-refractivity contribution in [2.75, 3.05) is 44.5 Å². The molecule has 0 aliphatic carbocycles. The first-order valence-electron chi connectivity index (χ1n) is 11.0. The molecule has 0 bridgehead atoms. The number of anilines is 1. The predicted octanol–water partition coefficient (Wildman–Crippen LogP) is 2.66. The number of rotatable bonds is 5. The van der Waals surface area contributed by atoms with E-state index in [9.17, 15) is 9.59 Å². The maximum absolute atomic E-state index is 13.1. The van der Waals surface area contributed by atoms with Gasteiger partial charge in [-0.15, -0.1) is 0 Å². The van der Waals surface area contributed by atoms with Crippen LogP contribution in [0.2, 0.25) is 0 Å². The van der Waals surface area contributed by atoms with Crippen LogP contribution in [0.25, 0.3) is 0 Å². The average molecular weight is 437 g/mol. The van der Waals surface area contributed by atoms with Gasteiger partial charge in [0.1, 0.15) is 6.04 Å². The Kier molecular flexibility index (Phi) is 5.48. The lowest BCUT2D eigenvalue weighted by molar-refractivity contribution is -0.128. The van der Waals surface area contributed by atoms with Crippen molar-refractivity contribution < 1.29 is 19.1 Å². The Balaban J connectivity index is 1.17. The smallest absolute Gasteiger partial charge is 0.333 e. The number of aryl methyl sites for hydroxylation is 1. The molecule has 168 valence electrons. The van der Waals surface area contributed by atoms with Crippen molar-refractivity contribution in [3.05, 3.63) is 53.6 Å². The molecule has 8 heteroatoms. The summed E-state index contributed by atoms with van der Waals surface area (Å²) < 4.78 is 10.9. The van der Waals surface area contributed by atoms with Gasteiger partial charge in [0.15, 0.2) is 11.5 Å². The van der Waals surface area contributed by atoms with Crippen LogP contribution >= 0.6 is 0 Å². The second-order valence-electron chi connectivity index (χ2n) is 8.65. The first kappa shape index (κ1) is 20.8. The van der Waals surface area contributed by atoms with Crippen LogP contribution in [0, 0.1) is 6.92 Å². The van der Waals surface area contributed by atoms with E-state index in [-0.39, 0.29) is 18.7 Å².